The molecule has 0 aromatic carbocycles. The molecular formula is C14H18N4OS3. The molecule has 1 amide bonds. The van der Waals surface area contributed by atoms with Crippen LogP contribution < -0.4 is 5.32 Å². The molecule has 1 fully saturated rings. The Hall–Kier alpha value is -1.04. The summed E-state index contributed by atoms with van der Waals surface area (Å²) in [5.41, 5.74) is 0.438. The van der Waals surface area contributed by atoms with E-state index in [1.807, 2.05) is 6.92 Å². The van der Waals surface area contributed by atoms with Crippen molar-refractivity contribution in [2.45, 2.75) is 46.8 Å². The molecule has 0 bridgehead atoms. The second-order valence-corrected chi connectivity index (χ2v) is 8.74. The van der Waals surface area contributed by atoms with Gasteiger partial charge < -0.3 is 5.32 Å². The molecule has 8 heteroatoms. The molecule has 5 nitrogen and oxygen atoms in total. The molecule has 0 radical (unpaired) electrons. The fraction of sp³-hybridized carbons (Fsp3) is 0.571. The van der Waals surface area contributed by atoms with Gasteiger partial charge in [0.25, 0.3) is 0 Å². The molecule has 118 valence electrons. The summed E-state index contributed by atoms with van der Waals surface area (Å²) in [6, 6.07) is 2.26. The number of nitriles is 1. The topological polar surface area (TPSA) is 78.7 Å². The second kappa shape index (κ2) is 7.99. The van der Waals surface area contributed by atoms with Crippen molar-refractivity contribution < 1.29 is 4.79 Å². The van der Waals surface area contributed by atoms with Crippen molar-refractivity contribution in [3.63, 3.8) is 0 Å². The van der Waals surface area contributed by atoms with Gasteiger partial charge in [-0.05, 0) is 32.6 Å². The molecule has 1 heterocycles. The Morgan fingerprint density at radius 1 is 1.36 bits per heavy atom. The van der Waals surface area contributed by atoms with E-state index in [9.17, 15) is 10.1 Å². The highest BCUT2D eigenvalue weighted by Gasteiger charge is 2.35. The molecule has 1 saturated carbocycles. The number of nitrogens with zero attached hydrogens (tertiary/aromatic N) is 3. The first-order chi connectivity index (χ1) is 10.5. The monoisotopic (exact) mass is 354 g/mol. The van der Waals surface area contributed by atoms with Crippen molar-refractivity contribution >= 4 is 40.8 Å². The Kier molecular flexibility index (Phi) is 6.29. The van der Waals surface area contributed by atoms with E-state index in [0.29, 0.717) is 0 Å². The van der Waals surface area contributed by atoms with Gasteiger partial charge in [0.15, 0.2) is 8.68 Å². The highest BCUT2D eigenvalue weighted by Crippen LogP contribution is 2.31. The molecule has 0 unspecified atom stereocenters. The summed E-state index contributed by atoms with van der Waals surface area (Å²) >= 11 is 4.45. The highest BCUT2D eigenvalue weighted by molar-refractivity contribution is 8.03. The van der Waals surface area contributed by atoms with E-state index in [2.05, 4.69) is 28.2 Å². The molecule has 1 aliphatic rings. The molecule has 0 saturated heterocycles. The van der Waals surface area contributed by atoms with Crippen LogP contribution in [0.25, 0.3) is 0 Å². The molecule has 1 aromatic heterocycles. The van der Waals surface area contributed by atoms with Crippen molar-refractivity contribution in [3.8, 4) is 6.07 Å². The van der Waals surface area contributed by atoms with Gasteiger partial charge in [-0.1, -0.05) is 47.0 Å². The summed E-state index contributed by atoms with van der Waals surface area (Å²) in [5.74, 6) is 0.980. The van der Waals surface area contributed by atoms with Crippen LogP contribution in [-0.2, 0) is 4.79 Å². The third-order valence-corrected chi connectivity index (χ3v) is 6.63. The maximum Gasteiger partial charge on any atom is 0.231 e. The van der Waals surface area contributed by atoms with Gasteiger partial charge in [-0.25, -0.2) is 0 Å². The van der Waals surface area contributed by atoms with Crippen LogP contribution in [0.15, 0.2) is 20.8 Å². The van der Waals surface area contributed by atoms with Crippen LogP contribution in [0.2, 0.25) is 0 Å². The smallest absolute Gasteiger partial charge is 0.231 e. The fourth-order valence-electron chi connectivity index (χ4n) is 2.17. The van der Waals surface area contributed by atoms with Crippen LogP contribution in [0.1, 0.15) is 32.6 Å². The zero-order valence-electron chi connectivity index (χ0n) is 12.4. The molecule has 22 heavy (non-hydrogen) atoms. The molecular weight excluding hydrogens is 336 g/mol. The van der Waals surface area contributed by atoms with Crippen molar-refractivity contribution in [1.29, 1.82) is 5.26 Å². The van der Waals surface area contributed by atoms with Gasteiger partial charge in [-0.2, -0.15) is 5.26 Å². The van der Waals surface area contributed by atoms with Crippen molar-refractivity contribution in [1.82, 2.24) is 15.5 Å². The number of thioether (sulfide) groups is 2. The van der Waals surface area contributed by atoms with Gasteiger partial charge in [0, 0.05) is 5.75 Å². The van der Waals surface area contributed by atoms with Crippen LogP contribution >= 0.6 is 34.9 Å². The Morgan fingerprint density at radius 3 is 2.50 bits per heavy atom. The lowest BCUT2D eigenvalue weighted by molar-refractivity contribution is -0.119. The number of nitrogens with one attached hydrogen (secondary N) is 1. The molecule has 0 aliphatic heterocycles. The van der Waals surface area contributed by atoms with Crippen LogP contribution in [0, 0.1) is 11.3 Å². The summed E-state index contributed by atoms with van der Waals surface area (Å²) < 4.78 is 1.66. The van der Waals surface area contributed by atoms with Gasteiger partial charge in [-0.15, -0.1) is 10.2 Å². The zero-order chi connectivity index (χ0) is 16.0. The van der Waals surface area contributed by atoms with E-state index in [-0.39, 0.29) is 11.7 Å². The lowest BCUT2D eigenvalue weighted by atomic mass is 10.0. The largest absolute Gasteiger partial charge is 0.337 e. The lowest BCUT2D eigenvalue weighted by Gasteiger charge is -2.21. The van der Waals surface area contributed by atoms with E-state index in [4.69, 9.17) is 0 Å². The van der Waals surface area contributed by atoms with Gasteiger partial charge in [0.05, 0.1) is 11.8 Å². The molecule has 1 aromatic rings. The second-order valence-electron chi connectivity index (χ2n) is 5.32. The fourth-order valence-corrected chi connectivity index (χ4v) is 4.84. The highest BCUT2D eigenvalue weighted by atomic mass is 32.2. The Bertz CT molecular complexity index is 587. The van der Waals surface area contributed by atoms with E-state index in [1.165, 1.54) is 23.1 Å². The number of rotatable bonds is 7. The summed E-state index contributed by atoms with van der Waals surface area (Å²) in [6.07, 6.45) is 3.50. The van der Waals surface area contributed by atoms with Crippen LogP contribution in [-0.4, -0.2) is 33.1 Å². The first kappa shape index (κ1) is 17.3. The Labute approximate surface area is 143 Å². The number of hydrogen-bond donors (Lipinski definition) is 1. The first-order valence-electron chi connectivity index (χ1n) is 6.99. The van der Waals surface area contributed by atoms with Gasteiger partial charge in [-0.3, -0.25) is 4.79 Å². The van der Waals surface area contributed by atoms with Crippen LogP contribution in [0.5, 0.6) is 0 Å². The van der Waals surface area contributed by atoms with E-state index in [0.717, 1.165) is 45.7 Å². The van der Waals surface area contributed by atoms with Gasteiger partial charge >= 0.3 is 0 Å². The minimum Gasteiger partial charge on any atom is -0.337 e. The molecule has 0 atom stereocenters. The third-order valence-electron chi connectivity index (χ3n) is 3.21. The minimum atomic E-state index is -0.652. The average molecular weight is 355 g/mol. The number of amides is 1. The third kappa shape index (κ3) is 5.00. The maximum absolute atomic E-state index is 12.0. The van der Waals surface area contributed by atoms with Crippen molar-refractivity contribution in [3.05, 3.63) is 12.2 Å². The average Bonchev–Trinajstić information content (AvgIpc) is 3.12. The number of aromatic nitrogens is 2. The van der Waals surface area contributed by atoms with Crippen molar-refractivity contribution in [2.75, 3.05) is 11.5 Å². The lowest BCUT2D eigenvalue weighted by Crippen LogP contribution is -2.45. The number of carbonyl (C=O) groups is 1. The number of carbonyl (C=O) groups excluding carboxylic acids is 1. The Morgan fingerprint density at radius 2 is 1.95 bits per heavy atom. The predicted octanol–water partition coefficient (Wildman–Crippen LogP) is 3.25. The SMILES string of the molecule is C=C(C)CSc1nnc(SCC(=O)NC2(C#N)CCCC2)s1. The quantitative estimate of drug-likeness (QED) is 0.598. The predicted molar refractivity (Wildman–Crippen MR) is 91.1 cm³/mol. The van der Waals surface area contributed by atoms with Crippen LogP contribution in [0.3, 0.4) is 0 Å². The van der Waals surface area contributed by atoms with E-state index < -0.39 is 5.54 Å². The standard InChI is InChI=1S/C14H18N4OS3/c1-10(2)7-20-12-17-18-13(22-12)21-8-11(19)16-14(9-15)5-3-4-6-14/h1,3-8H2,2H3,(H,16,19). The van der Waals surface area contributed by atoms with Gasteiger partial charge in [0.1, 0.15) is 5.54 Å². The molecule has 0 spiro atoms. The van der Waals surface area contributed by atoms with E-state index in [1.54, 1.807) is 11.8 Å². The normalized spacial score (nSPS) is 16.2. The minimum absolute atomic E-state index is 0.111. The molecule has 1 aliphatic carbocycles. The first-order valence-corrected chi connectivity index (χ1v) is 9.77. The summed E-state index contributed by atoms with van der Waals surface area (Å²) in [4.78, 5) is 12.0. The van der Waals surface area contributed by atoms with Crippen molar-refractivity contribution in [2.24, 2.45) is 0 Å². The summed E-state index contributed by atoms with van der Waals surface area (Å²) in [6.45, 7) is 5.83. The zero-order valence-corrected chi connectivity index (χ0v) is 14.9. The Balaban J connectivity index is 1.79. The van der Waals surface area contributed by atoms with Crippen LogP contribution in [0.4, 0.5) is 0 Å². The summed E-state index contributed by atoms with van der Waals surface area (Å²) in [7, 11) is 0. The van der Waals surface area contributed by atoms with E-state index >= 15 is 0 Å². The van der Waals surface area contributed by atoms with Gasteiger partial charge in [0.2, 0.25) is 5.91 Å². The molecule has 2 rings (SSSR count). The maximum atomic E-state index is 12.0. The summed E-state index contributed by atoms with van der Waals surface area (Å²) in [5, 5.41) is 20.3. The number of hydrogen-bond acceptors (Lipinski definition) is 7. The molecule has 1 N–H and O–H groups in total.